The summed E-state index contributed by atoms with van der Waals surface area (Å²) in [6, 6.07) is 5.93. The summed E-state index contributed by atoms with van der Waals surface area (Å²) in [7, 11) is 1.67. The van der Waals surface area contributed by atoms with Gasteiger partial charge in [-0.25, -0.2) is 0 Å². The minimum atomic E-state index is 0.705. The molecule has 0 aliphatic carbocycles. The highest BCUT2D eigenvalue weighted by molar-refractivity contribution is 5.53. The monoisotopic (exact) mass is 218 g/mol. The van der Waals surface area contributed by atoms with E-state index >= 15 is 0 Å². The molecular weight excluding hydrogens is 204 g/mol. The zero-order valence-corrected chi connectivity index (χ0v) is 9.36. The van der Waals surface area contributed by atoms with Crippen molar-refractivity contribution in [2.45, 2.75) is 13.5 Å². The third-order valence-electron chi connectivity index (χ3n) is 2.40. The maximum Gasteiger partial charge on any atom is 0.128 e. The molecule has 0 atom stereocenters. The van der Waals surface area contributed by atoms with Gasteiger partial charge in [0.05, 0.1) is 13.3 Å². The van der Waals surface area contributed by atoms with Crippen LogP contribution in [-0.2, 0) is 6.54 Å². The summed E-state index contributed by atoms with van der Waals surface area (Å²) >= 11 is 0. The normalized spacial score (nSPS) is 10.1. The number of nitrogens with zero attached hydrogens (tertiary/aromatic N) is 1. The van der Waals surface area contributed by atoms with Gasteiger partial charge < -0.3 is 14.6 Å². The number of hydrogen-bond acceptors (Lipinski definition) is 4. The van der Waals surface area contributed by atoms with E-state index < -0.39 is 0 Å². The van der Waals surface area contributed by atoms with Gasteiger partial charge in [-0.05, 0) is 30.7 Å². The topological polar surface area (TPSA) is 47.3 Å². The van der Waals surface area contributed by atoms with Crippen LogP contribution < -0.4 is 10.1 Å². The van der Waals surface area contributed by atoms with Crippen molar-refractivity contribution < 1.29 is 9.26 Å². The van der Waals surface area contributed by atoms with Gasteiger partial charge in [-0.1, -0.05) is 5.16 Å². The molecule has 4 nitrogen and oxygen atoms in total. The van der Waals surface area contributed by atoms with Crippen molar-refractivity contribution in [2.75, 3.05) is 12.4 Å². The summed E-state index contributed by atoms with van der Waals surface area (Å²) in [5.74, 6) is 0.869. The van der Waals surface area contributed by atoms with Crippen LogP contribution in [0.3, 0.4) is 0 Å². The SMILES string of the molecule is COc1ccc(NCc2cnoc2)c(C)c1. The van der Waals surface area contributed by atoms with Crippen LogP contribution in [0.25, 0.3) is 0 Å². The molecule has 0 spiro atoms. The third-order valence-corrected chi connectivity index (χ3v) is 2.40. The molecule has 0 amide bonds. The minimum Gasteiger partial charge on any atom is -0.497 e. The average molecular weight is 218 g/mol. The van der Waals surface area contributed by atoms with Gasteiger partial charge >= 0.3 is 0 Å². The van der Waals surface area contributed by atoms with E-state index in [2.05, 4.69) is 10.5 Å². The fourth-order valence-electron chi connectivity index (χ4n) is 1.47. The van der Waals surface area contributed by atoms with Crippen LogP contribution in [0.4, 0.5) is 5.69 Å². The van der Waals surface area contributed by atoms with E-state index in [-0.39, 0.29) is 0 Å². The maximum atomic E-state index is 5.15. The lowest BCUT2D eigenvalue weighted by Crippen LogP contribution is -2.00. The standard InChI is InChI=1S/C12H14N2O2/c1-9-5-11(15-2)3-4-12(9)13-6-10-7-14-16-8-10/h3-5,7-8,13H,6H2,1-2H3. The number of methoxy groups -OCH3 is 1. The Labute approximate surface area is 94.2 Å². The van der Waals surface area contributed by atoms with Gasteiger partial charge in [-0.15, -0.1) is 0 Å². The van der Waals surface area contributed by atoms with Gasteiger partial charge in [-0.2, -0.15) is 0 Å². The predicted molar refractivity (Wildman–Crippen MR) is 61.6 cm³/mol. The highest BCUT2D eigenvalue weighted by Gasteiger charge is 2.01. The second kappa shape index (κ2) is 4.70. The Morgan fingerprint density at radius 2 is 2.31 bits per heavy atom. The second-order valence-electron chi connectivity index (χ2n) is 3.57. The molecule has 0 saturated heterocycles. The lowest BCUT2D eigenvalue weighted by molar-refractivity contribution is 0.414. The van der Waals surface area contributed by atoms with E-state index in [1.165, 1.54) is 0 Å². The maximum absolute atomic E-state index is 5.15. The molecule has 0 bridgehead atoms. The summed E-state index contributed by atoms with van der Waals surface area (Å²) in [6.45, 7) is 2.75. The largest absolute Gasteiger partial charge is 0.497 e. The third kappa shape index (κ3) is 2.34. The zero-order chi connectivity index (χ0) is 11.4. The molecule has 1 N–H and O–H groups in total. The number of anilines is 1. The van der Waals surface area contributed by atoms with Crippen molar-refractivity contribution >= 4 is 5.69 Å². The average Bonchev–Trinajstić information content (AvgIpc) is 2.80. The van der Waals surface area contributed by atoms with Crippen LogP contribution in [0.2, 0.25) is 0 Å². The Balaban J connectivity index is 2.04. The van der Waals surface area contributed by atoms with Gasteiger partial charge in [0.2, 0.25) is 0 Å². The van der Waals surface area contributed by atoms with Crippen LogP contribution in [0.15, 0.2) is 35.2 Å². The molecule has 4 heteroatoms. The van der Waals surface area contributed by atoms with Crippen LogP contribution in [-0.4, -0.2) is 12.3 Å². The number of benzene rings is 1. The van der Waals surface area contributed by atoms with Gasteiger partial charge in [0.25, 0.3) is 0 Å². The Hall–Kier alpha value is -1.97. The van der Waals surface area contributed by atoms with Gasteiger partial charge in [0.1, 0.15) is 12.0 Å². The minimum absolute atomic E-state index is 0.705. The highest BCUT2D eigenvalue weighted by Crippen LogP contribution is 2.21. The lowest BCUT2D eigenvalue weighted by Gasteiger charge is -2.09. The molecule has 0 aliphatic heterocycles. The Kier molecular flexibility index (Phi) is 3.10. The zero-order valence-electron chi connectivity index (χ0n) is 9.36. The first-order valence-electron chi connectivity index (χ1n) is 5.06. The summed E-state index contributed by atoms with van der Waals surface area (Å²) in [5, 5.41) is 6.96. The molecule has 1 aromatic carbocycles. The van der Waals surface area contributed by atoms with Crippen LogP contribution in [0, 0.1) is 6.92 Å². The summed E-state index contributed by atoms with van der Waals surface area (Å²) in [6.07, 6.45) is 3.33. The molecular formula is C12H14N2O2. The molecule has 2 rings (SSSR count). The molecule has 0 saturated carbocycles. The molecule has 2 aromatic rings. The van der Waals surface area contributed by atoms with E-state index in [1.54, 1.807) is 19.6 Å². The quantitative estimate of drug-likeness (QED) is 0.856. The van der Waals surface area contributed by atoms with Crippen molar-refractivity contribution in [3.63, 3.8) is 0 Å². The summed E-state index contributed by atoms with van der Waals surface area (Å²) < 4.78 is 9.91. The number of aryl methyl sites for hydroxylation is 1. The number of nitrogens with one attached hydrogen (secondary N) is 1. The van der Waals surface area contributed by atoms with Crippen LogP contribution in [0.5, 0.6) is 5.75 Å². The van der Waals surface area contributed by atoms with Gasteiger partial charge in [0, 0.05) is 17.8 Å². The van der Waals surface area contributed by atoms with Crippen molar-refractivity contribution in [3.8, 4) is 5.75 Å². The molecule has 16 heavy (non-hydrogen) atoms. The smallest absolute Gasteiger partial charge is 0.128 e. The summed E-state index contributed by atoms with van der Waals surface area (Å²) in [4.78, 5) is 0. The Bertz CT molecular complexity index is 452. The van der Waals surface area contributed by atoms with E-state index in [0.717, 1.165) is 22.6 Å². The first-order chi connectivity index (χ1) is 7.79. The molecule has 1 aromatic heterocycles. The molecule has 1 heterocycles. The first kappa shape index (κ1) is 10.5. The number of aromatic nitrogens is 1. The second-order valence-corrected chi connectivity index (χ2v) is 3.57. The number of ether oxygens (including phenoxy) is 1. The Morgan fingerprint density at radius 1 is 1.44 bits per heavy atom. The van der Waals surface area contributed by atoms with E-state index in [4.69, 9.17) is 9.26 Å². The molecule has 84 valence electrons. The van der Waals surface area contributed by atoms with Crippen LogP contribution in [0.1, 0.15) is 11.1 Å². The predicted octanol–water partition coefficient (Wildman–Crippen LogP) is 2.60. The summed E-state index contributed by atoms with van der Waals surface area (Å²) in [5.41, 5.74) is 3.26. The number of hydrogen-bond donors (Lipinski definition) is 1. The van der Waals surface area contributed by atoms with Crippen molar-refractivity contribution in [1.82, 2.24) is 5.16 Å². The fraction of sp³-hybridized carbons (Fsp3) is 0.250. The van der Waals surface area contributed by atoms with Crippen molar-refractivity contribution in [3.05, 3.63) is 41.8 Å². The van der Waals surface area contributed by atoms with Crippen molar-refractivity contribution in [1.29, 1.82) is 0 Å². The van der Waals surface area contributed by atoms with E-state index in [0.29, 0.717) is 6.54 Å². The van der Waals surface area contributed by atoms with Crippen LogP contribution >= 0.6 is 0 Å². The number of rotatable bonds is 4. The van der Waals surface area contributed by atoms with Gasteiger partial charge in [-0.3, -0.25) is 0 Å². The van der Waals surface area contributed by atoms with E-state index in [1.807, 2.05) is 25.1 Å². The lowest BCUT2D eigenvalue weighted by atomic mass is 10.2. The Morgan fingerprint density at radius 3 is 2.94 bits per heavy atom. The molecule has 0 fully saturated rings. The molecule has 0 radical (unpaired) electrons. The molecule has 0 unspecified atom stereocenters. The highest BCUT2D eigenvalue weighted by atomic mass is 16.5. The fourth-order valence-corrected chi connectivity index (χ4v) is 1.47. The first-order valence-corrected chi connectivity index (χ1v) is 5.06. The molecule has 0 aliphatic rings. The van der Waals surface area contributed by atoms with Crippen molar-refractivity contribution in [2.24, 2.45) is 0 Å². The van der Waals surface area contributed by atoms with Gasteiger partial charge in [0.15, 0.2) is 0 Å². The van der Waals surface area contributed by atoms with E-state index in [9.17, 15) is 0 Å².